The number of amides is 2. The first kappa shape index (κ1) is 26.5. The number of ether oxygens (including phenoxy) is 1. The van der Waals surface area contributed by atoms with E-state index in [1.165, 1.54) is 12.1 Å². The summed E-state index contributed by atoms with van der Waals surface area (Å²) >= 11 is 0. The van der Waals surface area contributed by atoms with Crippen molar-refractivity contribution in [2.45, 2.75) is 57.5 Å². The predicted octanol–water partition coefficient (Wildman–Crippen LogP) is 5.06. The fraction of sp³-hybridized carbons (Fsp3) is 0.517. The molecule has 2 aromatic carbocycles. The molecule has 2 heterocycles. The Balaban J connectivity index is 1.11. The fourth-order valence-corrected chi connectivity index (χ4v) is 5.68. The summed E-state index contributed by atoms with van der Waals surface area (Å²) in [6.07, 6.45) is 0.454. The number of halogens is 3. The van der Waals surface area contributed by atoms with Gasteiger partial charge in [0.15, 0.2) is 0 Å². The highest BCUT2D eigenvalue weighted by Gasteiger charge is 2.44. The maximum absolute atomic E-state index is 12.8. The Bertz CT molecular complexity index is 1110. The number of nitrogens with zero attached hydrogens (tertiary/aromatic N) is 2. The van der Waals surface area contributed by atoms with Crippen LogP contribution in [0.15, 0.2) is 54.6 Å². The van der Waals surface area contributed by atoms with Crippen LogP contribution in [0, 0.1) is 11.3 Å². The molecule has 38 heavy (non-hydrogen) atoms. The number of benzene rings is 2. The Hall–Kier alpha value is -3.07. The monoisotopic (exact) mass is 529 g/mol. The molecule has 1 N–H and O–H groups in total. The summed E-state index contributed by atoms with van der Waals surface area (Å²) in [5.41, 5.74) is 1.86. The molecule has 204 valence electrons. The van der Waals surface area contributed by atoms with Gasteiger partial charge in [-0.15, -0.1) is 13.2 Å². The van der Waals surface area contributed by atoms with Crippen LogP contribution in [0.3, 0.4) is 0 Å². The van der Waals surface area contributed by atoms with Crippen molar-refractivity contribution in [3.8, 4) is 5.75 Å². The van der Waals surface area contributed by atoms with Crippen molar-refractivity contribution >= 4 is 11.8 Å². The number of carbonyl (C=O) groups excluding carboxylic acids is 2. The number of hydrogen-bond acceptors (Lipinski definition) is 4. The van der Waals surface area contributed by atoms with E-state index >= 15 is 0 Å². The first-order chi connectivity index (χ1) is 18.2. The zero-order chi connectivity index (χ0) is 26.8. The van der Waals surface area contributed by atoms with Gasteiger partial charge in [-0.1, -0.05) is 42.5 Å². The largest absolute Gasteiger partial charge is 0.573 e. The molecule has 5 rings (SSSR count). The van der Waals surface area contributed by atoms with Crippen LogP contribution in [0.5, 0.6) is 5.75 Å². The highest BCUT2D eigenvalue weighted by atomic mass is 19.4. The lowest BCUT2D eigenvalue weighted by atomic mass is 9.77. The lowest BCUT2D eigenvalue weighted by Crippen LogP contribution is -2.42. The van der Waals surface area contributed by atoms with Gasteiger partial charge >= 0.3 is 6.36 Å². The second-order valence-electron chi connectivity index (χ2n) is 11.0. The number of carbonyl (C=O) groups is 2. The summed E-state index contributed by atoms with van der Waals surface area (Å²) in [6, 6.07) is 15.8. The molecular formula is C29H34F3N3O3. The molecule has 2 saturated heterocycles. The lowest BCUT2D eigenvalue weighted by molar-refractivity contribution is -0.274. The number of nitrogens with one attached hydrogen (secondary N) is 1. The third-order valence-corrected chi connectivity index (χ3v) is 8.05. The first-order valence-electron chi connectivity index (χ1n) is 13.4. The molecule has 3 aliphatic rings. The molecular weight excluding hydrogens is 495 g/mol. The Morgan fingerprint density at radius 1 is 1.05 bits per heavy atom. The number of rotatable bonds is 9. The quantitative estimate of drug-likeness (QED) is 0.494. The van der Waals surface area contributed by atoms with Gasteiger partial charge in [0.25, 0.3) is 0 Å². The van der Waals surface area contributed by atoms with E-state index in [0.29, 0.717) is 19.5 Å². The van der Waals surface area contributed by atoms with Crippen molar-refractivity contribution < 1.29 is 27.5 Å². The average Bonchev–Trinajstić information content (AvgIpc) is 3.69. The van der Waals surface area contributed by atoms with Gasteiger partial charge in [0.05, 0.1) is 6.04 Å². The molecule has 2 aromatic rings. The molecule has 1 saturated carbocycles. The third kappa shape index (κ3) is 6.87. The SMILES string of the molecule is O=C(N[C@@H](CCN1CCC2(CC1)CC(=O)N(Cc1ccc(OC(F)(F)F)cc1)C2)c1ccccc1)C1CC1. The van der Waals surface area contributed by atoms with E-state index in [9.17, 15) is 22.8 Å². The number of piperidine rings is 1. The molecule has 6 nitrogen and oxygen atoms in total. The Kier molecular flexibility index (Phi) is 7.66. The maximum Gasteiger partial charge on any atom is 0.573 e. The van der Waals surface area contributed by atoms with Gasteiger partial charge in [-0.3, -0.25) is 9.59 Å². The van der Waals surface area contributed by atoms with E-state index in [4.69, 9.17) is 0 Å². The van der Waals surface area contributed by atoms with Crippen molar-refractivity contribution in [3.05, 3.63) is 65.7 Å². The minimum atomic E-state index is -4.72. The van der Waals surface area contributed by atoms with Crippen LogP contribution in [0.25, 0.3) is 0 Å². The van der Waals surface area contributed by atoms with Crippen LogP contribution in [-0.2, 0) is 16.1 Å². The van der Waals surface area contributed by atoms with Gasteiger partial charge in [-0.05, 0) is 73.9 Å². The molecule has 1 aliphatic carbocycles. The number of alkyl halides is 3. The van der Waals surface area contributed by atoms with Crippen molar-refractivity contribution in [2.75, 3.05) is 26.2 Å². The second kappa shape index (κ2) is 11.0. The highest BCUT2D eigenvalue weighted by Crippen LogP contribution is 2.42. The van der Waals surface area contributed by atoms with Gasteiger partial charge in [0.1, 0.15) is 5.75 Å². The van der Waals surface area contributed by atoms with Crippen molar-refractivity contribution in [1.29, 1.82) is 0 Å². The minimum absolute atomic E-state index is 0.00310. The van der Waals surface area contributed by atoms with E-state index < -0.39 is 6.36 Å². The second-order valence-corrected chi connectivity index (χ2v) is 11.0. The van der Waals surface area contributed by atoms with Crippen LogP contribution in [-0.4, -0.2) is 54.2 Å². The zero-order valence-electron chi connectivity index (χ0n) is 21.4. The molecule has 2 amide bonds. The summed E-state index contributed by atoms with van der Waals surface area (Å²) < 4.78 is 41.1. The Labute approximate surface area is 221 Å². The smallest absolute Gasteiger partial charge is 0.406 e. The molecule has 0 bridgehead atoms. The third-order valence-electron chi connectivity index (χ3n) is 8.05. The lowest BCUT2D eigenvalue weighted by Gasteiger charge is -2.39. The topological polar surface area (TPSA) is 61.9 Å². The highest BCUT2D eigenvalue weighted by molar-refractivity contribution is 5.81. The van der Waals surface area contributed by atoms with Gasteiger partial charge < -0.3 is 19.9 Å². The Morgan fingerprint density at radius 2 is 1.74 bits per heavy atom. The molecule has 9 heteroatoms. The normalized spacial score (nSPS) is 20.5. The minimum Gasteiger partial charge on any atom is -0.406 e. The number of likely N-dealkylation sites (tertiary alicyclic amines) is 2. The molecule has 1 spiro atoms. The van der Waals surface area contributed by atoms with Crippen molar-refractivity contribution in [1.82, 2.24) is 15.1 Å². The molecule has 3 fully saturated rings. The van der Waals surface area contributed by atoms with E-state index in [2.05, 4.69) is 27.1 Å². The summed E-state index contributed by atoms with van der Waals surface area (Å²) in [7, 11) is 0. The predicted molar refractivity (Wildman–Crippen MR) is 136 cm³/mol. The molecule has 0 radical (unpaired) electrons. The maximum atomic E-state index is 12.8. The van der Waals surface area contributed by atoms with Crippen molar-refractivity contribution in [2.24, 2.45) is 11.3 Å². The molecule has 0 unspecified atom stereocenters. The van der Waals surface area contributed by atoms with E-state index in [1.807, 2.05) is 23.1 Å². The summed E-state index contributed by atoms with van der Waals surface area (Å²) in [5, 5.41) is 3.25. The Morgan fingerprint density at radius 3 is 2.37 bits per heavy atom. The van der Waals surface area contributed by atoms with E-state index in [-0.39, 0.29) is 34.9 Å². The summed E-state index contributed by atoms with van der Waals surface area (Å²) in [5.74, 6) is 0.161. The molecule has 1 atom stereocenters. The summed E-state index contributed by atoms with van der Waals surface area (Å²) in [6.45, 7) is 3.75. The van der Waals surface area contributed by atoms with Gasteiger partial charge in [-0.2, -0.15) is 0 Å². The van der Waals surface area contributed by atoms with Crippen LogP contribution in [0.4, 0.5) is 13.2 Å². The van der Waals surface area contributed by atoms with E-state index in [0.717, 1.165) is 62.9 Å². The average molecular weight is 530 g/mol. The van der Waals surface area contributed by atoms with E-state index in [1.54, 1.807) is 12.1 Å². The van der Waals surface area contributed by atoms with Crippen molar-refractivity contribution in [3.63, 3.8) is 0 Å². The van der Waals surface area contributed by atoms with Gasteiger partial charge in [0.2, 0.25) is 11.8 Å². The van der Waals surface area contributed by atoms with Crippen LogP contribution in [0.2, 0.25) is 0 Å². The van der Waals surface area contributed by atoms with Crippen LogP contribution >= 0.6 is 0 Å². The van der Waals surface area contributed by atoms with Gasteiger partial charge in [-0.25, -0.2) is 0 Å². The van der Waals surface area contributed by atoms with Crippen LogP contribution < -0.4 is 10.1 Å². The fourth-order valence-electron chi connectivity index (χ4n) is 5.68. The van der Waals surface area contributed by atoms with Crippen LogP contribution in [0.1, 0.15) is 55.7 Å². The summed E-state index contributed by atoms with van der Waals surface area (Å²) in [4.78, 5) is 29.5. The standard InChI is InChI=1S/C29H34F3N3O3/c30-29(31,32)38-24-10-6-21(7-11-24)19-35-20-28(18-26(35)36)13-16-34(17-14-28)15-12-25(22-4-2-1-3-5-22)33-27(37)23-8-9-23/h1-7,10-11,23,25H,8-9,12-20H2,(H,33,37)/t25-/m0/s1. The molecule has 0 aromatic heterocycles. The first-order valence-corrected chi connectivity index (χ1v) is 13.4. The number of hydrogen-bond donors (Lipinski definition) is 1. The van der Waals surface area contributed by atoms with Gasteiger partial charge in [0, 0.05) is 32.0 Å². The molecule has 2 aliphatic heterocycles. The zero-order valence-corrected chi connectivity index (χ0v) is 21.4.